The lowest BCUT2D eigenvalue weighted by molar-refractivity contribution is -0.122. The highest BCUT2D eigenvalue weighted by Crippen LogP contribution is 2.21. The van der Waals surface area contributed by atoms with Gasteiger partial charge in [0.05, 0.1) is 7.11 Å². The number of hydrogen-bond donors (Lipinski definition) is 1. The van der Waals surface area contributed by atoms with Gasteiger partial charge < -0.3 is 10.5 Å². The topological polar surface area (TPSA) is 52.3 Å². The number of benzene rings is 1. The molecule has 0 fully saturated rings. The number of hydrogen-bond acceptors (Lipinski definition) is 3. The van der Waals surface area contributed by atoms with Crippen LogP contribution in [-0.4, -0.2) is 19.4 Å². The molecule has 0 aliphatic carbocycles. The second-order valence-electron chi connectivity index (χ2n) is 3.92. The fourth-order valence-electron chi connectivity index (χ4n) is 1.71. The van der Waals surface area contributed by atoms with E-state index in [9.17, 15) is 9.18 Å². The van der Waals surface area contributed by atoms with Crippen LogP contribution < -0.4 is 10.5 Å². The van der Waals surface area contributed by atoms with E-state index < -0.39 is 5.82 Å². The Kier molecular flexibility index (Phi) is 5.10. The first-order valence-electron chi connectivity index (χ1n) is 5.68. The summed E-state index contributed by atoms with van der Waals surface area (Å²) in [4.78, 5) is 11.8. The maximum atomic E-state index is 13.8. The maximum absolute atomic E-state index is 13.8. The van der Waals surface area contributed by atoms with Gasteiger partial charge in [-0.3, -0.25) is 4.79 Å². The number of Topliss-reactive ketones (excluding diaryl/α,β-unsaturated/α-hetero) is 1. The van der Waals surface area contributed by atoms with Gasteiger partial charge in [-0.15, -0.1) is 0 Å². The van der Waals surface area contributed by atoms with Crippen LogP contribution in [0.5, 0.6) is 5.75 Å². The van der Waals surface area contributed by atoms with Gasteiger partial charge in [0.25, 0.3) is 0 Å². The Bertz CT molecular complexity index is 389. The average molecular weight is 239 g/mol. The second-order valence-corrected chi connectivity index (χ2v) is 3.92. The molecule has 0 aromatic heterocycles. The third-order valence-electron chi connectivity index (χ3n) is 2.86. The molecule has 0 saturated heterocycles. The molecule has 17 heavy (non-hydrogen) atoms. The fraction of sp³-hybridized carbons (Fsp3) is 0.462. The molecule has 3 nitrogen and oxygen atoms in total. The van der Waals surface area contributed by atoms with Gasteiger partial charge >= 0.3 is 0 Å². The van der Waals surface area contributed by atoms with E-state index in [0.717, 1.165) is 0 Å². The van der Waals surface area contributed by atoms with E-state index in [4.69, 9.17) is 10.5 Å². The van der Waals surface area contributed by atoms with E-state index in [-0.39, 0.29) is 23.9 Å². The minimum absolute atomic E-state index is 0.0258. The number of rotatable bonds is 6. The highest BCUT2D eigenvalue weighted by molar-refractivity contribution is 5.83. The zero-order valence-corrected chi connectivity index (χ0v) is 10.2. The van der Waals surface area contributed by atoms with Crippen LogP contribution in [0, 0.1) is 11.7 Å². The third kappa shape index (κ3) is 3.27. The molecule has 94 valence electrons. The Balaban J connectivity index is 2.85. The van der Waals surface area contributed by atoms with E-state index >= 15 is 0 Å². The first-order chi connectivity index (χ1) is 8.13. The molecule has 0 spiro atoms. The molecule has 1 unspecified atom stereocenters. The molecule has 0 saturated carbocycles. The average Bonchev–Trinajstić information content (AvgIpc) is 2.33. The Labute approximate surface area is 101 Å². The van der Waals surface area contributed by atoms with Gasteiger partial charge in [0.1, 0.15) is 5.78 Å². The normalized spacial score (nSPS) is 12.2. The van der Waals surface area contributed by atoms with Crippen molar-refractivity contribution in [2.24, 2.45) is 11.7 Å². The van der Waals surface area contributed by atoms with Crippen molar-refractivity contribution in [3.63, 3.8) is 0 Å². The van der Waals surface area contributed by atoms with Crippen LogP contribution in [0.25, 0.3) is 0 Å². The van der Waals surface area contributed by atoms with Crippen LogP contribution in [0.3, 0.4) is 0 Å². The van der Waals surface area contributed by atoms with Crippen LogP contribution in [0.4, 0.5) is 4.39 Å². The summed E-state index contributed by atoms with van der Waals surface area (Å²) in [5.74, 6) is -0.519. The summed E-state index contributed by atoms with van der Waals surface area (Å²) in [6.45, 7) is 2.21. The van der Waals surface area contributed by atoms with E-state index in [0.29, 0.717) is 18.5 Å². The van der Waals surface area contributed by atoms with E-state index in [2.05, 4.69) is 0 Å². The largest absolute Gasteiger partial charge is 0.494 e. The monoisotopic (exact) mass is 239 g/mol. The molecule has 0 heterocycles. The second kappa shape index (κ2) is 6.35. The van der Waals surface area contributed by atoms with Crippen molar-refractivity contribution in [1.29, 1.82) is 0 Å². The highest BCUT2D eigenvalue weighted by Gasteiger charge is 2.18. The van der Waals surface area contributed by atoms with E-state index in [1.807, 2.05) is 6.92 Å². The van der Waals surface area contributed by atoms with Gasteiger partial charge in [-0.25, -0.2) is 4.39 Å². The maximum Gasteiger partial charge on any atom is 0.168 e. The predicted octanol–water partition coefficient (Wildman–Crippen LogP) is 1.93. The summed E-state index contributed by atoms with van der Waals surface area (Å²) in [6, 6.07) is 4.80. The first kappa shape index (κ1) is 13.6. The Hall–Kier alpha value is -1.42. The SMILES string of the molecule is CCC(CN)C(=O)Cc1cccc(OC)c1F. The molecule has 0 amide bonds. The lowest BCUT2D eigenvalue weighted by Crippen LogP contribution is -2.24. The number of nitrogens with two attached hydrogens (primary N) is 1. The van der Waals surface area contributed by atoms with Crippen molar-refractivity contribution >= 4 is 5.78 Å². The summed E-state index contributed by atoms with van der Waals surface area (Å²) in [5.41, 5.74) is 5.85. The number of halogens is 1. The number of ketones is 1. The van der Waals surface area contributed by atoms with Gasteiger partial charge in [-0.1, -0.05) is 19.1 Å². The molecule has 2 N–H and O–H groups in total. The van der Waals surface area contributed by atoms with Crippen LogP contribution in [-0.2, 0) is 11.2 Å². The summed E-state index contributed by atoms with van der Waals surface area (Å²) < 4.78 is 18.7. The lowest BCUT2D eigenvalue weighted by atomic mass is 9.95. The predicted molar refractivity (Wildman–Crippen MR) is 64.5 cm³/mol. The number of methoxy groups -OCH3 is 1. The van der Waals surface area contributed by atoms with Crippen molar-refractivity contribution in [3.8, 4) is 5.75 Å². The molecule has 1 aromatic carbocycles. The van der Waals surface area contributed by atoms with Crippen molar-refractivity contribution < 1.29 is 13.9 Å². The molecule has 1 aromatic rings. The van der Waals surface area contributed by atoms with Crippen LogP contribution in [0.1, 0.15) is 18.9 Å². The smallest absolute Gasteiger partial charge is 0.168 e. The van der Waals surface area contributed by atoms with Crippen molar-refractivity contribution in [2.75, 3.05) is 13.7 Å². The highest BCUT2D eigenvalue weighted by atomic mass is 19.1. The van der Waals surface area contributed by atoms with Crippen molar-refractivity contribution in [2.45, 2.75) is 19.8 Å². The number of carbonyl (C=O) groups is 1. The number of carbonyl (C=O) groups excluding carboxylic acids is 1. The first-order valence-corrected chi connectivity index (χ1v) is 5.68. The summed E-state index contributed by atoms with van der Waals surface area (Å²) in [5, 5.41) is 0. The van der Waals surface area contributed by atoms with Crippen LogP contribution >= 0.6 is 0 Å². The zero-order valence-electron chi connectivity index (χ0n) is 10.2. The van der Waals surface area contributed by atoms with Crippen LogP contribution in [0.2, 0.25) is 0 Å². The summed E-state index contributed by atoms with van der Waals surface area (Å²) >= 11 is 0. The minimum atomic E-state index is -0.463. The van der Waals surface area contributed by atoms with Crippen molar-refractivity contribution in [1.82, 2.24) is 0 Å². The zero-order chi connectivity index (χ0) is 12.8. The Morgan fingerprint density at radius 3 is 2.76 bits per heavy atom. The fourth-order valence-corrected chi connectivity index (χ4v) is 1.71. The lowest BCUT2D eigenvalue weighted by Gasteiger charge is -2.12. The molecule has 0 radical (unpaired) electrons. The Morgan fingerprint density at radius 1 is 1.53 bits per heavy atom. The minimum Gasteiger partial charge on any atom is -0.494 e. The van der Waals surface area contributed by atoms with E-state index in [1.54, 1.807) is 12.1 Å². The van der Waals surface area contributed by atoms with Crippen LogP contribution in [0.15, 0.2) is 18.2 Å². The molecular formula is C13H18FNO2. The van der Waals surface area contributed by atoms with Crippen molar-refractivity contribution in [3.05, 3.63) is 29.6 Å². The summed E-state index contributed by atoms with van der Waals surface area (Å²) in [6.07, 6.45) is 0.750. The van der Waals surface area contributed by atoms with Gasteiger partial charge in [0, 0.05) is 18.9 Å². The molecule has 0 aliphatic rings. The molecule has 1 rings (SSSR count). The van der Waals surface area contributed by atoms with Gasteiger partial charge in [0.2, 0.25) is 0 Å². The van der Waals surface area contributed by atoms with E-state index in [1.165, 1.54) is 13.2 Å². The molecule has 0 bridgehead atoms. The standard InChI is InChI=1S/C13H18FNO2/c1-3-9(8-15)11(16)7-10-5-4-6-12(17-2)13(10)14/h4-6,9H,3,7-8,15H2,1-2H3. The molecular weight excluding hydrogens is 221 g/mol. The Morgan fingerprint density at radius 2 is 2.24 bits per heavy atom. The molecule has 0 aliphatic heterocycles. The number of ether oxygens (including phenoxy) is 1. The molecule has 4 heteroatoms. The third-order valence-corrected chi connectivity index (χ3v) is 2.86. The quantitative estimate of drug-likeness (QED) is 0.825. The summed E-state index contributed by atoms with van der Waals surface area (Å²) in [7, 11) is 1.40. The van der Waals surface area contributed by atoms with Gasteiger partial charge in [-0.2, -0.15) is 0 Å². The van der Waals surface area contributed by atoms with Gasteiger partial charge in [-0.05, 0) is 18.1 Å². The van der Waals surface area contributed by atoms with Gasteiger partial charge in [0.15, 0.2) is 11.6 Å². The molecule has 1 atom stereocenters.